The number of nitrogens with two attached hydrogens (primary N) is 1. The standard InChI is InChI=1S/C36H38N4O5/c1-26-21-38-36(39-26)29-12-14-31(15-13-29)44-25-30(41)23-40(22-27-8-4-2-5-9-27)18-19-43-32-16-17-34(33(20-32)35(37)42)45-24-28-10-6-3-7-11-28/h2-17,20-21,30,41H,18-19,22-25H2,1H3,(H2,37,42)(H,38,39). The van der Waals surface area contributed by atoms with Gasteiger partial charge in [0.15, 0.2) is 0 Å². The van der Waals surface area contributed by atoms with Crippen molar-refractivity contribution < 1.29 is 24.1 Å². The zero-order valence-electron chi connectivity index (χ0n) is 25.3. The van der Waals surface area contributed by atoms with Crippen molar-refractivity contribution in [2.45, 2.75) is 26.2 Å². The van der Waals surface area contributed by atoms with Crippen LogP contribution in [0.2, 0.25) is 0 Å². The molecule has 0 saturated carbocycles. The molecular formula is C36H38N4O5. The van der Waals surface area contributed by atoms with Gasteiger partial charge < -0.3 is 30.0 Å². The van der Waals surface area contributed by atoms with Gasteiger partial charge >= 0.3 is 0 Å². The van der Waals surface area contributed by atoms with Crippen LogP contribution in [-0.4, -0.2) is 58.3 Å². The van der Waals surface area contributed by atoms with Gasteiger partial charge in [-0.25, -0.2) is 4.98 Å². The molecule has 9 nitrogen and oxygen atoms in total. The fraction of sp³-hybridized carbons (Fsp3) is 0.222. The van der Waals surface area contributed by atoms with Gasteiger partial charge in [-0.3, -0.25) is 9.69 Å². The summed E-state index contributed by atoms with van der Waals surface area (Å²) < 4.78 is 17.8. The number of hydrogen-bond donors (Lipinski definition) is 3. The number of ether oxygens (including phenoxy) is 3. The number of nitrogens with one attached hydrogen (secondary N) is 1. The van der Waals surface area contributed by atoms with Crippen LogP contribution in [0.4, 0.5) is 0 Å². The first kappa shape index (κ1) is 31.3. The molecule has 232 valence electrons. The topological polar surface area (TPSA) is 123 Å². The zero-order chi connectivity index (χ0) is 31.4. The number of aliphatic hydroxyl groups is 1. The number of aromatic amines is 1. The summed E-state index contributed by atoms with van der Waals surface area (Å²) in [6, 6.07) is 32.4. The zero-order valence-corrected chi connectivity index (χ0v) is 25.3. The van der Waals surface area contributed by atoms with Gasteiger partial charge in [0.25, 0.3) is 5.91 Å². The number of aliphatic hydroxyl groups excluding tert-OH is 1. The summed E-state index contributed by atoms with van der Waals surface area (Å²) in [4.78, 5) is 21.9. The van der Waals surface area contributed by atoms with E-state index < -0.39 is 12.0 Å². The number of aromatic nitrogens is 2. The lowest BCUT2D eigenvalue weighted by atomic mass is 10.1. The van der Waals surface area contributed by atoms with Crippen LogP contribution in [0.5, 0.6) is 17.2 Å². The summed E-state index contributed by atoms with van der Waals surface area (Å²) in [5.74, 6) is 1.78. The number of nitrogens with zero attached hydrogens (tertiary/aromatic N) is 2. The summed E-state index contributed by atoms with van der Waals surface area (Å²) in [5, 5.41) is 10.9. The monoisotopic (exact) mass is 606 g/mol. The molecule has 1 unspecified atom stereocenters. The van der Waals surface area contributed by atoms with E-state index in [0.29, 0.717) is 50.1 Å². The van der Waals surface area contributed by atoms with E-state index in [1.165, 1.54) is 0 Å². The van der Waals surface area contributed by atoms with Crippen molar-refractivity contribution >= 4 is 5.91 Å². The maximum Gasteiger partial charge on any atom is 0.252 e. The van der Waals surface area contributed by atoms with Crippen molar-refractivity contribution in [1.82, 2.24) is 14.9 Å². The van der Waals surface area contributed by atoms with Crippen LogP contribution >= 0.6 is 0 Å². The number of benzene rings is 4. The van der Waals surface area contributed by atoms with Crippen LogP contribution < -0.4 is 19.9 Å². The Labute approximate surface area is 263 Å². The van der Waals surface area contributed by atoms with Gasteiger partial charge in [-0.15, -0.1) is 0 Å². The molecule has 0 radical (unpaired) electrons. The number of rotatable bonds is 16. The van der Waals surface area contributed by atoms with Gasteiger partial charge in [0.05, 0.1) is 5.56 Å². The lowest BCUT2D eigenvalue weighted by molar-refractivity contribution is 0.0605. The molecule has 1 atom stereocenters. The number of imidazole rings is 1. The van der Waals surface area contributed by atoms with E-state index in [2.05, 4.69) is 14.9 Å². The molecule has 0 aliphatic rings. The van der Waals surface area contributed by atoms with Gasteiger partial charge in [0, 0.05) is 37.1 Å². The molecule has 5 rings (SSSR count). The Bertz CT molecular complexity index is 1640. The molecular weight excluding hydrogens is 568 g/mol. The third kappa shape index (κ3) is 9.43. The van der Waals surface area contributed by atoms with E-state index in [1.54, 1.807) is 24.4 Å². The maximum absolute atomic E-state index is 12.2. The summed E-state index contributed by atoms with van der Waals surface area (Å²) in [6.07, 6.45) is 1.06. The quantitative estimate of drug-likeness (QED) is 0.138. The van der Waals surface area contributed by atoms with Crippen molar-refractivity contribution in [3.63, 3.8) is 0 Å². The second-order valence-corrected chi connectivity index (χ2v) is 10.8. The molecule has 1 aromatic heterocycles. The average Bonchev–Trinajstić information content (AvgIpc) is 3.50. The number of carbonyl (C=O) groups excluding carboxylic acids is 1. The molecule has 9 heteroatoms. The van der Waals surface area contributed by atoms with Crippen molar-refractivity contribution in [2.75, 3.05) is 26.3 Å². The highest BCUT2D eigenvalue weighted by Gasteiger charge is 2.16. The average molecular weight is 607 g/mol. The minimum absolute atomic E-state index is 0.137. The minimum atomic E-state index is -0.733. The highest BCUT2D eigenvalue weighted by molar-refractivity contribution is 5.96. The van der Waals surface area contributed by atoms with Crippen LogP contribution in [0, 0.1) is 6.92 Å². The van der Waals surface area contributed by atoms with E-state index in [9.17, 15) is 9.90 Å². The molecule has 0 bridgehead atoms. The highest BCUT2D eigenvalue weighted by Crippen LogP contribution is 2.25. The first-order valence-electron chi connectivity index (χ1n) is 14.9. The number of H-pyrrole nitrogens is 1. The van der Waals surface area contributed by atoms with E-state index in [-0.39, 0.29) is 12.2 Å². The van der Waals surface area contributed by atoms with Crippen molar-refractivity contribution in [3.8, 4) is 28.6 Å². The molecule has 1 heterocycles. The summed E-state index contributed by atoms with van der Waals surface area (Å²) in [7, 11) is 0. The largest absolute Gasteiger partial charge is 0.492 e. The smallest absolute Gasteiger partial charge is 0.252 e. The van der Waals surface area contributed by atoms with Crippen LogP contribution in [0.3, 0.4) is 0 Å². The molecule has 0 aliphatic heterocycles. The number of carbonyl (C=O) groups is 1. The Hall–Kier alpha value is -5.12. The summed E-state index contributed by atoms with van der Waals surface area (Å²) in [5.41, 5.74) is 9.96. The normalized spacial score (nSPS) is 11.7. The van der Waals surface area contributed by atoms with Crippen LogP contribution in [-0.2, 0) is 13.2 Å². The Balaban J connectivity index is 1.16. The van der Waals surface area contributed by atoms with E-state index in [4.69, 9.17) is 19.9 Å². The lowest BCUT2D eigenvalue weighted by Crippen LogP contribution is -2.37. The third-order valence-electron chi connectivity index (χ3n) is 7.12. The van der Waals surface area contributed by atoms with Crippen LogP contribution in [0.25, 0.3) is 11.4 Å². The van der Waals surface area contributed by atoms with Gasteiger partial charge in [0.1, 0.15) is 49.0 Å². The van der Waals surface area contributed by atoms with Gasteiger partial charge in [0.2, 0.25) is 0 Å². The lowest BCUT2D eigenvalue weighted by Gasteiger charge is -2.25. The number of primary amides is 1. The maximum atomic E-state index is 12.2. The summed E-state index contributed by atoms with van der Waals surface area (Å²) in [6.45, 7) is 4.27. The second-order valence-electron chi connectivity index (χ2n) is 10.8. The third-order valence-corrected chi connectivity index (χ3v) is 7.12. The molecule has 5 aromatic rings. The molecule has 45 heavy (non-hydrogen) atoms. The van der Waals surface area contributed by atoms with Crippen LogP contribution in [0.1, 0.15) is 27.2 Å². The molecule has 4 N–H and O–H groups in total. The van der Waals surface area contributed by atoms with E-state index >= 15 is 0 Å². The molecule has 0 aliphatic carbocycles. The first-order chi connectivity index (χ1) is 21.9. The Morgan fingerprint density at radius 1 is 0.889 bits per heavy atom. The predicted octanol–water partition coefficient (Wildman–Crippen LogP) is 5.38. The summed E-state index contributed by atoms with van der Waals surface area (Å²) >= 11 is 0. The van der Waals surface area contributed by atoms with Crippen molar-refractivity contribution in [2.24, 2.45) is 5.73 Å². The molecule has 4 aromatic carbocycles. The number of amides is 1. The fourth-order valence-electron chi connectivity index (χ4n) is 4.83. The highest BCUT2D eigenvalue weighted by atomic mass is 16.5. The second kappa shape index (κ2) is 15.6. The number of hydrogen-bond acceptors (Lipinski definition) is 7. The van der Waals surface area contributed by atoms with Gasteiger partial charge in [-0.2, -0.15) is 0 Å². The van der Waals surface area contributed by atoms with E-state index in [1.807, 2.05) is 91.9 Å². The molecule has 0 spiro atoms. The predicted molar refractivity (Wildman–Crippen MR) is 173 cm³/mol. The Kier molecular flexibility index (Phi) is 10.8. The fourth-order valence-corrected chi connectivity index (χ4v) is 4.83. The van der Waals surface area contributed by atoms with Crippen molar-refractivity contribution in [3.05, 3.63) is 132 Å². The van der Waals surface area contributed by atoms with Crippen LogP contribution in [0.15, 0.2) is 109 Å². The van der Waals surface area contributed by atoms with Gasteiger partial charge in [-0.1, -0.05) is 60.7 Å². The Morgan fingerprint density at radius 2 is 1.58 bits per heavy atom. The number of aryl methyl sites for hydroxylation is 1. The van der Waals surface area contributed by atoms with E-state index in [0.717, 1.165) is 28.2 Å². The SMILES string of the molecule is Cc1cnc(-c2ccc(OCC(O)CN(CCOc3ccc(OCc4ccccc4)c(C(N)=O)c3)Cc3ccccc3)cc2)[nH]1. The molecule has 0 fully saturated rings. The van der Waals surface area contributed by atoms with Gasteiger partial charge in [-0.05, 0) is 60.5 Å². The minimum Gasteiger partial charge on any atom is -0.492 e. The first-order valence-corrected chi connectivity index (χ1v) is 14.9. The van der Waals surface area contributed by atoms with Crippen molar-refractivity contribution in [1.29, 1.82) is 0 Å². The molecule has 1 amide bonds. The molecule has 0 saturated heterocycles. The Morgan fingerprint density at radius 3 is 2.24 bits per heavy atom.